The van der Waals surface area contributed by atoms with Crippen LogP contribution >= 0.6 is 0 Å². The van der Waals surface area contributed by atoms with Crippen LogP contribution in [0.25, 0.3) is 10.9 Å². The molecule has 0 radical (unpaired) electrons. The highest BCUT2D eigenvalue weighted by Crippen LogP contribution is 2.16. The van der Waals surface area contributed by atoms with E-state index in [0.29, 0.717) is 17.8 Å². The van der Waals surface area contributed by atoms with Gasteiger partial charge in [0.2, 0.25) is 0 Å². The first-order valence-corrected chi connectivity index (χ1v) is 9.71. The van der Waals surface area contributed by atoms with Crippen LogP contribution in [0.15, 0.2) is 60.8 Å². The van der Waals surface area contributed by atoms with Crippen LogP contribution in [0.1, 0.15) is 28.8 Å². The zero-order chi connectivity index (χ0) is 20.1. The SMILES string of the molecule is O=C(NCc1cccc2cccnc12)c1ccc(NNC(=O)C2CCCN2)cc1. The van der Waals surface area contributed by atoms with E-state index in [4.69, 9.17) is 0 Å². The number of carbonyl (C=O) groups is 2. The number of anilines is 1. The lowest BCUT2D eigenvalue weighted by Gasteiger charge is -2.13. The highest BCUT2D eigenvalue weighted by molar-refractivity contribution is 5.95. The van der Waals surface area contributed by atoms with Crippen molar-refractivity contribution < 1.29 is 9.59 Å². The Morgan fingerprint density at radius 1 is 1.07 bits per heavy atom. The molecular formula is C22H23N5O2. The molecule has 0 aliphatic carbocycles. The molecule has 1 aromatic heterocycles. The molecule has 1 unspecified atom stereocenters. The lowest BCUT2D eigenvalue weighted by atomic mass is 10.1. The number of benzene rings is 2. The number of aromatic nitrogens is 1. The third-order valence-electron chi connectivity index (χ3n) is 5.01. The largest absolute Gasteiger partial charge is 0.348 e. The molecule has 148 valence electrons. The number of nitrogens with zero attached hydrogens (tertiary/aromatic N) is 1. The highest BCUT2D eigenvalue weighted by atomic mass is 16.2. The Bertz CT molecular complexity index is 1010. The Kier molecular flexibility index (Phi) is 5.67. The molecule has 0 spiro atoms. The zero-order valence-corrected chi connectivity index (χ0v) is 15.9. The Morgan fingerprint density at radius 3 is 2.69 bits per heavy atom. The number of carbonyl (C=O) groups excluding carboxylic acids is 2. The van der Waals surface area contributed by atoms with Crippen molar-refractivity contribution in [2.75, 3.05) is 12.0 Å². The van der Waals surface area contributed by atoms with E-state index in [2.05, 4.69) is 26.5 Å². The lowest BCUT2D eigenvalue weighted by Crippen LogP contribution is -2.42. The molecule has 2 aromatic carbocycles. The molecule has 1 aliphatic rings. The monoisotopic (exact) mass is 389 g/mol. The van der Waals surface area contributed by atoms with Crippen molar-refractivity contribution in [2.24, 2.45) is 0 Å². The van der Waals surface area contributed by atoms with Crippen LogP contribution < -0.4 is 21.5 Å². The van der Waals surface area contributed by atoms with Crippen molar-refractivity contribution in [3.8, 4) is 0 Å². The Balaban J connectivity index is 1.32. The van der Waals surface area contributed by atoms with Gasteiger partial charge in [0.05, 0.1) is 17.2 Å². The van der Waals surface area contributed by atoms with Gasteiger partial charge in [0.1, 0.15) is 0 Å². The zero-order valence-electron chi connectivity index (χ0n) is 15.9. The summed E-state index contributed by atoms with van der Waals surface area (Å²) in [5, 5.41) is 7.13. The average Bonchev–Trinajstić information content (AvgIpc) is 3.31. The fourth-order valence-electron chi connectivity index (χ4n) is 3.42. The van der Waals surface area contributed by atoms with Crippen LogP contribution in [0.4, 0.5) is 5.69 Å². The maximum absolute atomic E-state index is 12.5. The molecule has 2 heterocycles. The summed E-state index contributed by atoms with van der Waals surface area (Å²) in [6, 6.07) is 16.6. The van der Waals surface area contributed by atoms with Crippen molar-refractivity contribution >= 4 is 28.4 Å². The van der Waals surface area contributed by atoms with Crippen LogP contribution in [0, 0.1) is 0 Å². The summed E-state index contributed by atoms with van der Waals surface area (Å²) in [6.07, 6.45) is 3.61. The smallest absolute Gasteiger partial charge is 0.255 e. The fraction of sp³-hybridized carbons (Fsp3) is 0.227. The van der Waals surface area contributed by atoms with Gasteiger partial charge in [-0.3, -0.25) is 25.4 Å². The third kappa shape index (κ3) is 4.52. The maximum atomic E-state index is 12.5. The molecule has 1 saturated heterocycles. The second-order valence-electron chi connectivity index (χ2n) is 7.02. The van der Waals surface area contributed by atoms with Crippen LogP contribution in [-0.2, 0) is 11.3 Å². The summed E-state index contributed by atoms with van der Waals surface area (Å²) >= 11 is 0. The predicted octanol–water partition coefficient (Wildman–Crippen LogP) is 2.36. The molecule has 1 aliphatic heterocycles. The topological polar surface area (TPSA) is 95.2 Å². The van der Waals surface area contributed by atoms with Crippen molar-refractivity contribution in [1.29, 1.82) is 0 Å². The normalized spacial score (nSPS) is 15.8. The van der Waals surface area contributed by atoms with Gasteiger partial charge in [0, 0.05) is 23.7 Å². The molecule has 7 nitrogen and oxygen atoms in total. The number of hydrogen-bond acceptors (Lipinski definition) is 5. The summed E-state index contributed by atoms with van der Waals surface area (Å²) in [4.78, 5) is 28.9. The van der Waals surface area contributed by atoms with Gasteiger partial charge in [0.25, 0.3) is 11.8 Å². The number of amides is 2. The molecule has 3 aromatic rings. The number of pyridine rings is 1. The first-order valence-electron chi connectivity index (χ1n) is 9.71. The van der Waals surface area contributed by atoms with Crippen molar-refractivity contribution in [2.45, 2.75) is 25.4 Å². The van der Waals surface area contributed by atoms with Gasteiger partial charge in [0.15, 0.2) is 0 Å². The molecule has 1 atom stereocenters. The van der Waals surface area contributed by atoms with Crippen LogP contribution in [0.3, 0.4) is 0 Å². The summed E-state index contributed by atoms with van der Waals surface area (Å²) in [5.74, 6) is -0.239. The minimum Gasteiger partial charge on any atom is -0.348 e. The van der Waals surface area contributed by atoms with Gasteiger partial charge in [-0.25, -0.2) is 0 Å². The van der Waals surface area contributed by atoms with E-state index in [1.165, 1.54) is 0 Å². The molecule has 7 heteroatoms. The van der Waals surface area contributed by atoms with Gasteiger partial charge < -0.3 is 10.6 Å². The first kappa shape index (κ1) is 18.9. The van der Waals surface area contributed by atoms with Gasteiger partial charge >= 0.3 is 0 Å². The fourth-order valence-corrected chi connectivity index (χ4v) is 3.42. The number of hydrazine groups is 1. The molecular weight excluding hydrogens is 366 g/mol. The Hall–Kier alpha value is -3.45. The maximum Gasteiger partial charge on any atom is 0.255 e. The van der Waals surface area contributed by atoms with Gasteiger partial charge in [-0.05, 0) is 55.3 Å². The molecule has 29 heavy (non-hydrogen) atoms. The second kappa shape index (κ2) is 8.70. The van der Waals surface area contributed by atoms with Crippen LogP contribution in [0.2, 0.25) is 0 Å². The number of fused-ring (bicyclic) bond motifs is 1. The van der Waals surface area contributed by atoms with E-state index in [-0.39, 0.29) is 17.9 Å². The van der Waals surface area contributed by atoms with E-state index in [9.17, 15) is 9.59 Å². The summed E-state index contributed by atoms with van der Waals surface area (Å²) < 4.78 is 0. The van der Waals surface area contributed by atoms with E-state index >= 15 is 0 Å². The second-order valence-corrected chi connectivity index (χ2v) is 7.02. The van der Waals surface area contributed by atoms with Crippen molar-refractivity contribution in [3.05, 3.63) is 71.9 Å². The number of rotatable bonds is 6. The Labute approximate surface area is 168 Å². The van der Waals surface area contributed by atoms with E-state index in [1.807, 2.05) is 30.3 Å². The lowest BCUT2D eigenvalue weighted by molar-refractivity contribution is -0.122. The number of nitrogens with one attached hydrogen (secondary N) is 4. The highest BCUT2D eigenvalue weighted by Gasteiger charge is 2.21. The molecule has 0 bridgehead atoms. The summed E-state index contributed by atoms with van der Waals surface area (Å²) in [5.41, 5.74) is 8.70. The quantitative estimate of drug-likeness (QED) is 0.486. The van der Waals surface area contributed by atoms with Gasteiger partial charge in [-0.1, -0.05) is 24.3 Å². The predicted molar refractivity (Wildman–Crippen MR) is 112 cm³/mol. The van der Waals surface area contributed by atoms with Crippen LogP contribution in [0.5, 0.6) is 0 Å². The van der Waals surface area contributed by atoms with E-state index in [1.54, 1.807) is 30.5 Å². The molecule has 4 rings (SSSR count). The minimum atomic E-state index is -0.163. The summed E-state index contributed by atoms with van der Waals surface area (Å²) in [6.45, 7) is 1.27. The number of hydrogen-bond donors (Lipinski definition) is 4. The first-order chi connectivity index (χ1) is 14.2. The number of para-hydroxylation sites is 1. The van der Waals surface area contributed by atoms with Crippen LogP contribution in [-0.4, -0.2) is 29.4 Å². The molecule has 4 N–H and O–H groups in total. The Morgan fingerprint density at radius 2 is 1.90 bits per heavy atom. The average molecular weight is 389 g/mol. The molecule has 1 fully saturated rings. The summed E-state index contributed by atoms with van der Waals surface area (Å²) in [7, 11) is 0. The van der Waals surface area contributed by atoms with E-state index in [0.717, 1.165) is 35.9 Å². The third-order valence-corrected chi connectivity index (χ3v) is 5.01. The van der Waals surface area contributed by atoms with Crippen molar-refractivity contribution in [3.63, 3.8) is 0 Å². The minimum absolute atomic E-state index is 0.0759. The molecule has 2 amide bonds. The molecule has 0 saturated carbocycles. The van der Waals surface area contributed by atoms with Gasteiger partial charge in [-0.15, -0.1) is 0 Å². The van der Waals surface area contributed by atoms with Crippen molar-refractivity contribution in [1.82, 2.24) is 21.0 Å². The van der Waals surface area contributed by atoms with E-state index < -0.39 is 0 Å². The standard InChI is InChI=1S/C22H23N5O2/c28-21(25-14-17-5-1-4-15-6-2-13-24-20(15)17)16-8-10-18(11-9-16)26-27-22(29)19-7-3-12-23-19/h1-2,4-6,8-11,13,19,23,26H,3,7,12,14H2,(H,25,28)(H,27,29). The van der Waals surface area contributed by atoms with Gasteiger partial charge in [-0.2, -0.15) is 0 Å².